The molecule has 0 amide bonds. The first-order valence-electron chi connectivity index (χ1n) is 4.53. The van der Waals surface area contributed by atoms with E-state index in [1.807, 2.05) is 13.8 Å². The molecular weight excluding hydrogens is 184 g/mol. The molecule has 80 valence electrons. The maximum Gasteiger partial charge on any atom is 0.164 e. The summed E-state index contributed by atoms with van der Waals surface area (Å²) >= 11 is 0. The highest BCUT2D eigenvalue weighted by molar-refractivity contribution is 5.50. The summed E-state index contributed by atoms with van der Waals surface area (Å²) in [5.41, 5.74) is -0.619. The van der Waals surface area contributed by atoms with Crippen LogP contribution in [0.2, 0.25) is 0 Å². The molecule has 0 N–H and O–H groups in total. The number of carbonyl (C=O) groups excluding carboxylic acids is 1. The van der Waals surface area contributed by atoms with E-state index in [-0.39, 0.29) is 6.61 Å². The molecule has 14 heavy (non-hydrogen) atoms. The maximum absolute atomic E-state index is 10.1. The van der Waals surface area contributed by atoms with Crippen LogP contribution in [0.4, 0.5) is 0 Å². The van der Waals surface area contributed by atoms with Gasteiger partial charge in [0.1, 0.15) is 18.5 Å². The van der Waals surface area contributed by atoms with Crippen molar-refractivity contribution in [2.24, 2.45) is 0 Å². The number of rotatable bonds is 5. The molecule has 0 aromatic heterocycles. The predicted octanol–water partition coefficient (Wildman–Crippen LogP) is 0.910. The Morgan fingerprint density at radius 3 is 2.71 bits per heavy atom. The number of carbonyl (C=O) groups is 1. The minimum Gasteiger partial charge on any atom is -0.371 e. The SMILES string of the molecule is C=CC1(COCC=O)COC(C)(C)O1. The Hall–Kier alpha value is -0.710. The lowest BCUT2D eigenvalue weighted by atomic mass is 10.1. The molecule has 0 aliphatic carbocycles. The van der Waals surface area contributed by atoms with Crippen molar-refractivity contribution in [1.29, 1.82) is 0 Å². The third kappa shape index (κ3) is 2.64. The molecule has 0 saturated carbocycles. The van der Waals surface area contributed by atoms with Crippen LogP contribution in [0.3, 0.4) is 0 Å². The van der Waals surface area contributed by atoms with E-state index >= 15 is 0 Å². The van der Waals surface area contributed by atoms with E-state index in [4.69, 9.17) is 14.2 Å². The summed E-state index contributed by atoms with van der Waals surface area (Å²) in [4.78, 5) is 10.1. The molecule has 0 radical (unpaired) electrons. The molecule has 0 aromatic carbocycles. The topological polar surface area (TPSA) is 44.8 Å². The van der Waals surface area contributed by atoms with Crippen molar-refractivity contribution >= 4 is 6.29 Å². The highest BCUT2D eigenvalue weighted by atomic mass is 16.8. The minimum atomic E-state index is -0.619. The highest BCUT2D eigenvalue weighted by Gasteiger charge is 2.43. The molecular formula is C10H16O4. The van der Waals surface area contributed by atoms with Gasteiger partial charge in [-0.15, -0.1) is 6.58 Å². The largest absolute Gasteiger partial charge is 0.371 e. The number of aldehydes is 1. The van der Waals surface area contributed by atoms with Crippen molar-refractivity contribution < 1.29 is 19.0 Å². The first-order valence-corrected chi connectivity index (χ1v) is 4.53. The Balaban J connectivity index is 2.52. The van der Waals surface area contributed by atoms with Gasteiger partial charge in [0, 0.05) is 0 Å². The van der Waals surface area contributed by atoms with Crippen molar-refractivity contribution in [2.45, 2.75) is 25.2 Å². The standard InChI is InChI=1S/C10H16O4/c1-4-10(7-12-6-5-11)8-13-9(2,3)14-10/h4-5H,1,6-8H2,2-3H3. The normalized spacial score (nSPS) is 30.1. The summed E-state index contributed by atoms with van der Waals surface area (Å²) in [6, 6.07) is 0. The van der Waals surface area contributed by atoms with Crippen LogP contribution >= 0.6 is 0 Å². The minimum absolute atomic E-state index is 0.0688. The Kier molecular flexibility index (Phi) is 3.42. The molecule has 0 aromatic rings. The van der Waals surface area contributed by atoms with Gasteiger partial charge in [-0.1, -0.05) is 6.08 Å². The maximum atomic E-state index is 10.1. The molecule has 0 spiro atoms. The average molecular weight is 200 g/mol. The van der Waals surface area contributed by atoms with E-state index in [1.54, 1.807) is 6.08 Å². The Bertz CT molecular complexity index is 224. The van der Waals surface area contributed by atoms with Gasteiger partial charge in [0.15, 0.2) is 5.79 Å². The zero-order valence-electron chi connectivity index (χ0n) is 8.62. The van der Waals surface area contributed by atoms with E-state index in [0.29, 0.717) is 19.5 Å². The van der Waals surface area contributed by atoms with Gasteiger partial charge >= 0.3 is 0 Å². The second-order valence-corrected chi connectivity index (χ2v) is 3.74. The lowest BCUT2D eigenvalue weighted by Crippen LogP contribution is -2.37. The van der Waals surface area contributed by atoms with Crippen LogP contribution in [0.15, 0.2) is 12.7 Å². The smallest absolute Gasteiger partial charge is 0.164 e. The van der Waals surface area contributed by atoms with Crippen molar-refractivity contribution in [3.05, 3.63) is 12.7 Å². The zero-order chi connectivity index (χ0) is 10.7. The lowest BCUT2D eigenvalue weighted by Gasteiger charge is -2.25. The fourth-order valence-corrected chi connectivity index (χ4v) is 1.35. The van der Waals surface area contributed by atoms with Gasteiger partial charge in [-0.05, 0) is 13.8 Å². The van der Waals surface area contributed by atoms with Crippen LogP contribution in [0.1, 0.15) is 13.8 Å². The monoisotopic (exact) mass is 200 g/mol. The van der Waals surface area contributed by atoms with Crippen molar-refractivity contribution in [1.82, 2.24) is 0 Å². The van der Waals surface area contributed by atoms with Crippen LogP contribution in [0, 0.1) is 0 Å². The van der Waals surface area contributed by atoms with E-state index in [9.17, 15) is 4.79 Å². The second-order valence-electron chi connectivity index (χ2n) is 3.74. The third-order valence-electron chi connectivity index (χ3n) is 2.02. The van der Waals surface area contributed by atoms with Gasteiger partial charge in [0.2, 0.25) is 0 Å². The molecule has 1 saturated heterocycles. The van der Waals surface area contributed by atoms with Gasteiger partial charge in [-0.3, -0.25) is 0 Å². The van der Waals surface area contributed by atoms with Gasteiger partial charge in [-0.2, -0.15) is 0 Å². The molecule has 1 unspecified atom stereocenters. The van der Waals surface area contributed by atoms with Crippen molar-refractivity contribution in [3.63, 3.8) is 0 Å². The molecule has 1 rings (SSSR count). The lowest BCUT2D eigenvalue weighted by molar-refractivity contribution is -0.161. The van der Waals surface area contributed by atoms with Gasteiger partial charge in [-0.25, -0.2) is 0 Å². The number of ether oxygens (including phenoxy) is 3. The fourth-order valence-electron chi connectivity index (χ4n) is 1.35. The van der Waals surface area contributed by atoms with Crippen LogP contribution < -0.4 is 0 Å². The molecule has 4 nitrogen and oxygen atoms in total. The summed E-state index contributed by atoms with van der Waals surface area (Å²) in [6.45, 7) is 8.11. The molecule has 1 aliphatic rings. The van der Waals surface area contributed by atoms with Gasteiger partial charge in [0.05, 0.1) is 13.2 Å². The average Bonchev–Trinajstić information content (AvgIpc) is 2.44. The van der Waals surface area contributed by atoms with E-state index in [0.717, 1.165) is 0 Å². The van der Waals surface area contributed by atoms with Crippen LogP contribution in [-0.4, -0.2) is 37.5 Å². The quantitative estimate of drug-likeness (QED) is 0.376. The molecule has 4 heteroatoms. The fraction of sp³-hybridized carbons (Fsp3) is 0.700. The van der Waals surface area contributed by atoms with Gasteiger partial charge < -0.3 is 19.0 Å². The molecule has 1 fully saturated rings. The van der Waals surface area contributed by atoms with Crippen LogP contribution in [0.5, 0.6) is 0 Å². The number of hydrogen-bond acceptors (Lipinski definition) is 4. The van der Waals surface area contributed by atoms with Crippen LogP contribution in [-0.2, 0) is 19.0 Å². The van der Waals surface area contributed by atoms with E-state index in [1.165, 1.54) is 0 Å². The van der Waals surface area contributed by atoms with Crippen molar-refractivity contribution in [3.8, 4) is 0 Å². The Morgan fingerprint density at radius 2 is 2.29 bits per heavy atom. The highest BCUT2D eigenvalue weighted by Crippen LogP contribution is 2.31. The van der Waals surface area contributed by atoms with E-state index in [2.05, 4.69) is 6.58 Å². The second kappa shape index (κ2) is 4.21. The summed E-state index contributed by atoms with van der Waals surface area (Å²) in [5.74, 6) is -0.612. The first kappa shape index (κ1) is 11.4. The third-order valence-corrected chi connectivity index (χ3v) is 2.02. The predicted molar refractivity (Wildman–Crippen MR) is 50.9 cm³/mol. The molecule has 1 aliphatic heterocycles. The van der Waals surface area contributed by atoms with Crippen molar-refractivity contribution in [2.75, 3.05) is 19.8 Å². The number of hydrogen-bond donors (Lipinski definition) is 0. The van der Waals surface area contributed by atoms with Crippen LogP contribution in [0.25, 0.3) is 0 Å². The zero-order valence-corrected chi connectivity index (χ0v) is 8.62. The van der Waals surface area contributed by atoms with E-state index < -0.39 is 11.4 Å². The summed E-state index contributed by atoms with van der Waals surface area (Å²) in [5, 5.41) is 0. The Labute approximate surface area is 83.8 Å². The molecule has 1 atom stereocenters. The first-order chi connectivity index (χ1) is 6.54. The summed E-state index contributed by atoms with van der Waals surface area (Å²) in [6.07, 6.45) is 2.37. The summed E-state index contributed by atoms with van der Waals surface area (Å²) < 4.78 is 16.2. The van der Waals surface area contributed by atoms with Gasteiger partial charge in [0.25, 0.3) is 0 Å². The molecule has 1 heterocycles. The molecule has 0 bridgehead atoms. The Morgan fingerprint density at radius 1 is 1.57 bits per heavy atom. The summed E-state index contributed by atoms with van der Waals surface area (Å²) in [7, 11) is 0.